The van der Waals surface area contributed by atoms with E-state index in [1.165, 1.54) is 10.4 Å². The molecule has 0 radical (unpaired) electrons. The Balaban J connectivity index is 1.36. The standard InChI is InChI=1S/C32H44N2O8S/c1-3-21(4-2)18-34(43(38,39)24-11-12-25-23(17-24)10-13-28(25)35)19-29(36)27(16-22-8-6-5-7-9-22)33-32(37)42-30-20-41-31-26(30)14-15-40-31/h5-9,11-12,17,21,26-31,35-36H,3-4,10,13-16,18-20H2,1-2H3,(H,33,37)/t26-,27-,28-,29+,30-,31+/m0/s1. The van der Waals surface area contributed by atoms with Crippen LogP contribution in [0.4, 0.5) is 4.79 Å². The van der Waals surface area contributed by atoms with Gasteiger partial charge in [0.2, 0.25) is 10.0 Å². The van der Waals surface area contributed by atoms with Crippen molar-refractivity contribution in [3.05, 3.63) is 65.2 Å². The molecule has 2 aromatic rings. The molecule has 6 atom stereocenters. The molecule has 2 aliphatic heterocycles. The van der Waals surface area contributed by atoms with E-state index in [1.807, 2.05) is 44.2 Å². The molecule has 2 aromatic carbocycles. The van der Waals surface area contributed by atoms with Crippen LogP contribution >= 0.6 is 0 Å². The lowest BCUT2D eigenvalue weighted by molar-refractivity contribution is -0.0907. The number of amides is 1. The van der Waals surface area contributed by atoms with Crippen molar-refractivity contribution in [3.8, 4) is 0 Å². The summed E-state index contributed by atoms with van der Waals surface area (Å²) in [5.74, 6) is 0.0602. The minimum atomic E-state index is -4.00. The second-order valence-corrected chi connectivity index (χ2v) is 13.8. The van der Waals surface area contributed by atoms with E-state index in [4.69, 9.17) is 14.2 Å². The molecule has 2 fully saturated rings. The Morgan fingerprint density at radius 2 is 1.86 bits per heavy atom. The van der Waals surface area contributed by atoms with E-state index in [-0.39, 0.29) is 49.1 Å². The first-order chi connectivity index (χ1) is 20.7. The van der Waals surface area contributed by atoms with Gasteiger partial charge in [-0.25, -0.2) is 13.2 Å². The molecule has 11 heteroatoms. The third-order valence-corrected chi connectivity index (χ3v) is 10.9. The Kier molecular flexibility index (Phi) is 10.4. The van der Waals surface area contributed by atoms with Crippen LogP contribution in [-0.4, -0.2) is 79.9 Å². The Morgan fingerprint density at radius 3 is 2.60 bits per heavy atom. The average molecular weight is 617 g/mol. The van der Waals surface area contributed by atoms with Crippen molar-refractivity contribution in [2.24, 2.45) is 11.8 Å². The van der Waals surface area contributed by atoms with Gasteiger partial charge in [-0.1, -0.05) is 63.1 Å². The predicted molar refractivity (Wildman–Crippen MR) is 160 cm³/mol. The summed E-state index contributed by atoms with van der Waals surface area (Å²) in [7, 11) is -4.00. The minimum absolute atomic E-state index is 0.0302. The SMILES string of the molecule is CCC(CC)CN(C[C@@H](O)[C@H](Cc1ccccc1)NC(=O)O[C@H]1CO[C@H]2OCC[C@H]21)S(=O)(=O)c1ccc2c(c1)CC[C@@H]2O. The first kappa shape index (κ1) is 31.9. The zero-order chi connectivity index (χ0) is 30.6. The van der Waals surface area contributed by atoms with Gasteiger partial charge >= 0.3 is 6.09 Å². The van der Waals surface area contributed by atoms with Crippen molar-refractivity contribution in [2.75, 3.05) is 26.3 Å². The maximum atomic E-state index is 14.1. The van der Waals surface area contributed by atoms with E-state index in [0.717, 1.165) is 36.0 Å². The molecular formula is C32H44N2O8S. The molecule has 0 spiro atoms. The summed E-state index contributed by atoms with van der Waals surface area (Å²) in [5.41, 5.74) is 2.47. The lowest BCUT2D eigenvalue weighted by Crippen LogP contribution is -2.52. The molecule has 5 rings (SSSR count). The number of aliphatic hydroxyl groups is 2. The van der Waals surface area contributed by atoms with Gasteiger partial charge < -0.3 is 29.7 Å². The number of aryl methyl sites for hydroxylation is 1. The summed E-state index contributed by atoms with van der Waals surface area (Å²) in [5, 5.41) is 24.7. The van der Waals surface area contributed by atoms with Crippen LogP contribution in [-0.2, 0) is 37.1 Å². The highest BCUT2D eigenvalue weighted by atomic mass is 32.2. The van der Waals surface area contributed by atoms with E-state index < -0.39 is 40.5 Å². The topological polar surface area (TPSA) is 135 Å². The Morgan fingerprint density at radius 1 is 1.09 bits per heavy atom. The summed E-state index contributed by atoms with van der Waals surface area (Å²) >= 11 is 0. The zero-order valence-corrected chi connectivity index (χ0v) is 25.7. The number of hydrogen-bond acceptors (Lipinski definition) is 8. The summed E-state index contributed by atoms with van der Waals surface area (Å²) in [6.07, 6.45) is 0.447. The molecule has 0 bridgehead atoms. The normalized spacial score (nSPS) is 24.6. The predicted octanol–water partition coefficient (Wildman–Crippen LogP) is 3.55. The first-order valence-electron chi connectivity index (χ1n) is 15.4. The van der Waals surface area contributed by atoms with E-state index in [0.29, 0.717) is 19.4 Å². The van der Waals surface area contributed by atoms with Gasteiger partial charge in [-0.05, 0) is 60.4 Å². The molecule has 10 nitrogen and oxygen atoms in total. The third-order valence-electron chi connectivity index (χ3n) is 9.12. The number of rotatable bonds is 13. The van der Waals surface area contributed by atoms with Gasteiger partial charge in [-0.15, -0.1) is 0 Å². The molecule has 2 saturated heterocycles. The van der Waals surface area contributed by atoms with Gasteiger partial charge in [-0.3, -0.25) is 0 Å². The molecule has 1 aliphatic carbocycles. The molecule has 3 aliphatic rings. The number of aliphatic hydroxyl groups excluding tert-OH is 2. The van der Waals surface area contributed by atoms with E-state index in [9.17, 15) is 23.4 Å². The smallest absolute Gasteiger partial charge is 0.407 e. The maximum Gasteiger partial charge on any atom is 0.407 e. The van der Waals surface area contributed by atoms with Gasteiger partial charge in [0, 0.05) is 13.1 Å². The second-order valence-electron chi connectivity index (χ2n) is 11.9. The Bertz CT molecular complexity index is 1340. The van der Waals surface area contributed by atoms with Crippen LogP contribution in [0.5, 0.6) is 0 Å². The van der Waals surface area contributed by atoms with Crippen LogP contribution in [0.2, 0.25) is 0 Å². The molecular weight excluding hydrogens is 572 g/mol. The van der Waals surface area contributed by atoms with Crippen LogP contribution in [0.1, 0.15) is 62.3 Å². The number of carbonyl (C=O) groups is 1. The number of alkyl carbamates (subject to hydrolysis) is 1. The monoisotopic (exact) mass is 616 g/mol. The molecule has 0 aromatic heterocycles. The highest BCUT2D eigenvalue weighted by Crippen LogP contribution is 2.34. The van der Waals surface area contributed by atoms with Crippen molar-refractivity contribution in [1.82, 2.24) is 9.62 Å². The Hall–Kier alpha value is -2.54. The van der Waals surface area contributed by atoms with Crippen LogP contribution in [0.15, 0.2) is 53.4 Å². The van der Waals surface area contributed by atoms with Crippen LogP contribution < -0.4 is 5.32 Å². The number of benzene rings is 2. The first-order valence-corrected chi connectivity index (χ1v) is 16.9. The number of fused-ring (bicyclic) bond motifs is 2. The molecule has 2 heterocycles. The number of hydrogen-bond donors (Lipinski definition) is 3. The van der Waals surface area contributed by atoms with Gasteiger partial charge in [0.05, 0.1) is 42.3 Å². The van der Waals surface area contributed by atoms with E-state index in [1.54, 1.807) is 12.1 Å². The van der Waals surface area contributed by atoms with Gasteiger partial charge in [0.25, 0.3) is 0 Å². The number of ether oxygens (including phenoxy) is 3. The number of nitrogens with one attached hydrogen (secondary N) is 1. The Labute approximate surface area is 254 Å². The van der Waals surface area contributed by atoms with E-state index >= 15 is 0 Å². The minimum Gasteiger partial charge on any atom is -0.443 e. The van der Waals surface area contributed by atoms with Crippen molar-refractivity contribution in [3.63, 3.8) is 0 Å². The third kappa shape index (κ3) is 7.41. The fourth-order valence-electron chi connectivity index (χ4n) is 6.34. The summed E-state index contributed by atoms with van der Waals surface area (Å²) in [4.78, 5) is 13.2. The molecule has 43 heavy (non-hydrogen) atoms. The maximum absolute atomic E-state index is 14.1. The molecule has 0 saturated carbocycles. The fourth-order valence-corrected chi connectivity index (χ4v) is 7.93. The van der Waals surface area contributed by atoms with Gasteiger partial charge in [-0.2, -0.15) is 4.31 Å². The number of sulfonamides is 1. The summed E-state index contributed by atoms with van der Waals surface area (Å²) < 4.78 is 46.3. The fraction of sp³-hybridized carbons (Fsp3) is 0.594. The summed E-state index contributed by atoms with van der Waals surface area (Å²) in [6.45, 7) is 4.87. The lowest BCUT2D eigenvalue weighted by Gasteiger charge is -2.32. The van der Waals surface area contributed by atoms with Crippen molar-refractivity contribution in [1.29, 1.82) is 0 Å². The zero-order valence-electron chi connectivity index (χ0n) is 24.9. The second kappa shape index (κ2) is 14.0. The van der Waals surface area contributed by atoms with Crippen molar-refractivity contribution < 1.29 is 37.6 Å². The molecule has 1 amide bonds. The average Bonchev–Trinajstić information content (AvgIpc) is 3.72. The largest absolute Gasteiger partial charge is 0.443 e. The highest BCUT2D eigenvalue weighted by molar-refractivity contribution is 7.89. The molecule has 3 N–H and O–H groups in total. The molecule has 0 unspecified atom stereocenters. The van der Waals surface area contributed by atoms with Crippen LogP contribution in [0.25, 0.3) is 0 Å². The highest BCUT2D eigenvalue weighted by Gasteiger charge is 2.44. The molecule has 236 valence electrons. The van der Waals surface area contributed by atoms with Crippen LogP contribution in [0, 0.1) is 11.8 Å². The van der Waals surface area contributed by atoms with E-state index in [2.05, 4.69) is 5.32 Å². The van der Waals surface area contributed by atoms with Gasteiger partial charge in [0.1, 0.15) is 6.10 Å². The van der Waals surface area contributed by atoms with Crippen molar-refractivity contribution >= 4 is 16.1 Å². The summed E-state index contributed by atoms with van der Waals surface area (Å²) in [6, 6.07) is 13.5. The van der Waals surface area contributed by atoms with Crippen LogP contribution in [0.3, 0.4) is 0 Å². The number of carbonyl (C=O) groups excluding carboxylic acids is 1. The lowest BCUT2D eigenvalue weighted by atomic mass is 10.0. The quantitative estimate of drug-likeness (QED) is 0.311. The van der Waals surface area contributed by atoms with Crippen molar-refractivity contribution in [2.45, 2.75) is 87.9 Å². The number of nitrogens with zero attached hydrogens (tertiary/aromatic N) is 1. The van der Waals surface area contributed by atoms with Gasteiger partial charge in [0.15, 0.2) is 6.29 Å².